The number of carbonyl (C=O) groups excluding carboxylic acids is 3. The van der Waals surface area contributed by atoms with Crippen molar-refractivity contribution in [3.8, 4) is 11.1 Å². The van der Waals surface area contributed by atoms with Crippen LogP contribution in [0.2, 0.25) is 35.2 Å². The first-order valence-corrected chi connectivity index (χ1v) is 51.4. The summed E-state index contributed by atoms with van der Waals surface area (Å²) in [5, 5.41) is 16.4. The molecule has 3 aliphatic heterocycles. The predicted molar refractivity (Wildman–Crippen MR) is 518 cm³/mol. The van der Waals surface area contributed by atoms with Gasteiger partial charge in [-0.25, -0.2) is 34.7 Å². The molecule has 0 saturated heterocycles. The highest BCUT2D eigenvalue weighted by molar-refractivity contribution is 7.91. The summed E-state index contributed by atoms with van der Waals surface area (Å²) in [6, 6.07) is 46.9. The van der Waals surface area contributed by atoms with E-state index in [1.165, 1.54) is 0 Å². The Hall–Kier alpha value is -6.71. The normalized spacial score (nSPS) is 15.6. The van der Waals surface area contributed by atoms with Gasteiger partial charge in [0.1, 0.15) is 0 Å². The number of carbonyl (C=O) groups is 3. The molecule has 27 nitrogen and oxygen atoms in total. The lowest BCUT2D eigenvalue weighted by Gasteiger charge is -2.36. The molecule has 0 unspecified atom stereocenters. The van der Waals surface area contributed by atoms with E-state index in [4.69, 9.17) is 124 Å². The van der Waals surface area contributed by atoms with Crippen LogP contribution in [0.25, 0.3) is 11.1 Å². The maximum atomic E-state index is 13.8. The molecule has 37 heteroatoms. The van der Waals surface area contributed by atoms with Gasteiger partial charge in [-0.2, -0.15) is 0 Å². The molecule has 3 aliphatic rings. The number of nitrogens with zero attached hydrogens (tertiary/aromatic N) is 3. The minimum atomic E-state index is -3.87. The second-order valence-electron chi connectivity index (χ2n) is 32.9. The Morgan fingerprint density at radius 2 is 0.659 bits per heavy atom. The van der Waals surface area contributed by atoms with E-state index in [1.54, 1.807) is 72.8 Å². The fraction of sp³-hybridized carbons (Fsp3) is 0.463. The summed E-state index contributed by atoms with van der Waals surface area (Å²) in [4.78, 5) is 48.4. The number of sulfone groups is 1. The number of amides is 3. The maximum Gasteiger partial charge on any atom is 0.240 e. The molecule has 0 fully saturated rings. The third kappa shape index (κ3) is 33.3. The van der Waals surface area contributed by atoms with Crippen LogP contribution in [-0.2, 0) is 107 Å². The highest BCUT2D eigenvalue weighted by Crippen LogP contribution is 2.43. The van der Waals surface area contributed by atoms with Crippen molar-refractivity contribution in [2.45, 2.75) is 103 Å². The van der Waals surface area contributed by atoms with Crippen LogP contribution in [-0.4, -0.2) is 261 Å². The second-order valence-corrected chi connectivity index (χ2v) is 41.5. The molecule has 0 saturated carbocycles. The number of likely N-dealkylation sites (N-methyl/N-ethyl adjacent to an activating group) is 3. The molecule has 8 aromatic carbocycles. The van der Waals surface area contributed by atoms with E-state index >= 15 is 0 Å². The number of anilines is 1. The Morgan fingerprint density at radius 1 is 0.356 bits per heavy atom. The predicted octanol–water partition coefficient (Wildman–Crippen LogP) is 14.5. The molecular weight excluding hydrogens is 1900 g/mol. The van der Waals surface area contributed by atoms with Crippen molar-refractivity contribution in [3.05, 3.63) is 243 Å². The summed E-state index contributed by atoms with van der Waals surface area (Å²) in [7, 11) is -5.36. The fourth-order valence-corrected chi connectivity index (χ4v) is 21.5. The van der Waals surface area contributed by atoms with Gasteiger partial charge in [0.2, 0.25) is 37.8 Å². The minimum absolute atomic E-state index is 0.0190. The van der Waals surface area contributed by atoms with Gasteiger partial charge in [-0.1, -0.05) is 142 Å². The van der Waals surface area contributed by atoms with Gasteiger partial charge in [0, 0.05) is 162 Å². The zero-order valence-electron chi connectivity index (χ0n) is 74.5. The van der Waals surface area contributed by atoms with E-state index in [9.17, 15) is 39.6 Å². The van der Waals surface area contributed by atoms with Gasteiger partial charge >= 0.3 is 0 Å². The first-order chi connectivity index (χ1) is 63.5. The number of halogens is 7. The van der Waals surface area contributed by atoms with E-state index in [0.717, 1.165) is 61.2 Å². The van der Waals surface area contributed by atoms with E-state index in [1.807, 2.05) is 106 Å². The lowest BCUT2D eigenvalue weighted by molar-refractivity contribution is -0.121. The largest absolute Gasteiger partial charge is 0.380 e. The molecule has 0 bridgehead atoms. The molecule has 0 radical (unpaired) electrons. The molecule has 6 N–H and O–H groups in total. The first kappa shape index (κ1) is 106. The van der Waals surface area contributed by atoms with Crippen LogP contribution < -0.4 is 30.7 Å². The van der Waals surface area contributed by atoms with Crippen LogP contribution in [0, 0.1) is 0 Å². The van der Waals surface area contributed by atoms with Gasteiger partial charge in [0.15, 0.2) is 9.84 Å². The quantitative estimate of drug-likeness (QED) is 0.0193. The number of nitrogens with one attached hydrogen (secondary N) is 6. The van der Waals surface area contributed by atoms with Crippen molar-refractivity contribution in [2.75, 3.05) is 203 Å². The van der Waals surface area contributed by atoms with Gasteiger partial charge in [-0.15, -0.1) is 0 Å². The molecular formula is C95H118Cl7N9O18S3. The average Bonchev–Trinajstić information content (AvgIpc) is 0.775. The number of hydrogen-bond donors (Lipinski definition) is 6. The number of benzene rings is 8. The molecule has 0 aliphatic carbocycles. The summed E-state index contributed by atoms with van der Waals surface area (Å²) in [6.07, 6.45) is 1.000. The lowest BCUT2D eigenvalue weighted by atomic mass is 9.82. The topological polar surface area (TPSA) is 319 Å². The van der Waals surface area contributed by atoms with Crippen LogP contribution in [0.4, 0.5) is 5.69 Å². The van der Waals surface area contributed by atoms with Gasteiger partial charge < -0.3 is 78.6 Å². The lowest BCUT2D eigenvalue weighted by Crippen LogP contribution is -2.43. The average molecular weight is 2020 g/mol. The number of rotatable bonds is 57. The van der Waals surface area contributed by atoms with E-state index in [0.29, 0.717) is 80.1 Å². The monoisotopic (exact) mass is 2010 g/mol. The van der Waals surface area contributed by atoms with Crippen molar-refractivity contribution < 1.29 is 82.3 Å². The van der Waals surface area contributed by atoms with Crippen molar-refractivity contribution in [1.82, 2.24) is 40.1 Å². The standard InChI is InChI=1S/C95H118Cl7N9O18S3/c1-109-61-83(80-55-73(97)58-89(100)86(80)64-109)69-8-4-11-77(52-69)130(115,116)51-7-33-121-39-45-127-46-40-122-34-28-103-92(112)22-25-95(108-76-20-16-68(17-21-76)67-14-18-72(96)19-15-67,26-23-93(113)104-29-35-123-41-47-128-49-43-125-37-31-106-131(117,118)78-12-5-9-70(53-78)84-62-110(2)65-87-81(84)56-74(98)59-90(87)101)27-24-94(114)105-30-36-124-42-48-129-50-44-126-38-32-107-132(119,120)79-13-6-10-71(54-79)85-63-111(3)66-88-82(85)57-75(99)60-91(88)102/h4-6,8-21,52-60,83-85,106-108H,7,22-51,61-66H2,1-3H3,(H,103,112)(H,104,113)(H,105,114)/t83-,84-,85-/m0/s1. The molecule has 718 valence electrons. The molecule has 3 heterocycles. The summed E-state index contributed by atoms with van der Waals surface area (Å²) in [5.41, 5.74) is 9.96. The van der Waals surface area contributed by atoms with Crippen LogP contribution >= 0.6 is 81.2 Å². The van der Waals surface area contributed by atoms with Crippen molar-refractivity contribution in [3.63, 3.8) is 0 Å². The Bertz CT molecular complexity index is 5000. The van der Waals surface area contributed by atoms with Crippen molar-refractivity contribution in [2.24, 2.45) is 0 Å². The summed E-state index contributed by atoms with van der Waals surface area (Å²) >= 11 is 45.3. The van der Waals surface area contributed by atoms with Gasteiger partial charge in [-0.05, 0) is 205 Å². The summed E-state index contributed by atoms with van der Waals surface area (Å²) in [5.74, 6) is -1.29. The van der Waals surface area contributed by atoms with Gasteiger partial charge in [0.25, 0.3) is 0 Å². The Kier molecular flexibility index (Phi) is 42.7. The summed E-state index contributed by atoms with van der Waals surface area (Å²) in [6.45, 7) is 8.43. The Balaban J connectivity index is 0.602. The molecule has 3 atom stereocenters. The van der Waals surface area contributed by atoms with Crippen LogP contribution in [0.5, 0.6) is 0 Å². The molecule has 8 aromatic rings. The van der Waals surface area contributed by atoms with Gasteiger partial charge in [0.05, 0.1) is 133 Å². The zero-order valence-corrected chi connectivity index (χ0v) is 82.2. The van der Waals surface area contributed by atoms with E-state index in [2.05, 4.69) is 45.4 Å². The SMILES string of the molecule is CN1Cc2c(Cl)cc(Cl)cc2[C@H](c2cccc(S(=O)(=O)CCCOCCOCCOCCNC(=O)CCC(CCC(=O)NCCOCCOCCOCCNS(=O)(=O)c3cccc([C@@H]4CN(C)Cc5c(Cl)cc(Cl)cc54)c3)(CCC(=O)NCCOCCOCCOCCNS(=O)(=O)c3cccc([C@@H]4CN(C)Cc5c(Cl)cc(Cl)cc54)c3)Nc3ccc(-c4ccc(Cl)cc4)cc3)c2)C1. The molecule has 132 heavy (non-hydrogen) atoms. The van der Waals surface area contributed by atoms with Crippen molar-refractivity contribution in [1.29, 1.82) is 0 Å². The molecule has 0 spiro atoms. The van der Waals surface area contributed by atoms with Crippen LogP contribution in [0.15, 0.2) is 172 Å². The van der Waals surface area contributed by atoms with E-state index < -0.39 is 35.4 Å². The molecule has 0 aromatic heterocycles. The zero-order chi connectivity index (χ0) is 94.1. The Morgan fingerprint density at radius 3 is 1.01 bits per heavy atom. The molecule has 3 amide bonds. The first-order valence-electron chi connectivity index (χ1n) is 44.2. The molecule has 11 rings (SSSR count). The highest BCUT2D eigenvalue weighted by Gasteiger charge is 2.35. The van der Waals surface area contributed by atoms with Crippen LogP contribution in [0.1, 0.15) is 113 Å². The maximum absolute atomic E-state index is 13.8. The van der Waals surface area contributed by atoms with E-state index in [-0.39, 0.29) is 253 Å². The highest BCUT2D eigenvalue weighted by atomic mass is 35.5. The number of ether oxygens (including phenoxy) is 9. The fourth-order valence-electron chi connectivity index (χ4n) is 16.2. The number of hydrogen-bond acceptors (Lipinski definition) is 22. The summed E-state index contributed by atoms with van der Waals surface area (Å²) < 4.78 is 138. The third-order valence-electron chi connectivity index (χ3n) is 22.9. The minimum Gasteiger partial charge on any atom is -0.380 e. The van der Waals surface area contributed by atoms with Crippen molar-refractivity contribution >= 4 is 134 Å². The number of sulfonamides is 2. The van der Waals surface area contributed by atoms with Crippen LogP contribution in [0.3, 0.4) is 0 Å². The number of fused-ring (bicyclic) bond motifs is 3. The van der Waals surface area contributed by atoms with Gasteiger partial charge in [-0.3, -0.25) is 14.4 Å². The Labute approximate surface area is 810 Å². The smallest absolute Gasteiger partial charge is 0.240 e. The second kappa shape index (κ2) is 53.3. The third-order valence-corrected chi connectivity index (χ3v) is 29.6.